The van der Waals surface area contributed by atoms with Crippen molar-refractivity contribution < 1.29 is 4.74 Å². The Kier molecular flexibility index (Phi) is 3.62. The van der Waals surface area contributed by atoms with Crippen molar-refractivity contribution in [3.63, 3.8) is 0 Å². The molecule has 81 valence electrons. The summed E-state index contributed by atoms with van der Waals surface area (Å²) in [6.07, 6.45) is 2.68. The lowest BCUT2D eigenvalue weighted by Gasteiger charge is -2.14. The van der Waals surface area contributed by atoms with Gasteiger partial charge in [0.15, 0.2) is 0 Å². The maximum Gasteiger partial charge on any atom is 0.119 e. The van der Waals surface area contributed by atoms with Crippen molar-refractivity contribution in [3.8, 4) is 5.75 Å². The highest BCUT2D eigenvalue weighted by molar-refractivity contribution is 5.29. The Hall–Kier alpha value is -1.02. The summed E-state index contributed by atoms with van der Waals surface area (Å²) < 4.78 is 5.67. The highest BCUT2D eigenvalue weighted by Crippen LogP contribution is 2.12. The summed E-state index contributed by atoms with van der Waals surface area (Å²) in [5.41, 5.74) is 1.01. The molecular weight excluding hydrogens is 186 g/mol. The third-order valence-corrected chi connectivity index (χ3v) is 2.77. The summed E-state index contributed by atoms with van der Waals surface area (Å²) in [5, 5.41) is 0. The molecule has 1 radical (unpaired) electrons. The minimum atomic E-state index is 0.781. The number of nitrogens with zero attached hydrogens (tertiary/aromatic N) is 1. The molecule has 1 aromatic rings. The monoisotopic (exact) mass is 204 g/mol. The highest BCUT2D eigenvalue weighted by atomic mass is 16.5. The van der Waals surface area contributed by atoms with Crippen LogP contribution in [0.15, 0.2) is 24.3 Å². The molecule has 1 heterocycles. The maximum atomic E-state index is 5.67. The molecule has 0 aromatic heterocycles. The van der Waals surface area contributed by atoms with E-state index in [0.29, 0.717) is 0 Å². The zero-order valence-corrected chi connectivity index (χ0v) is 9.11. The fourth-order valence-corrected chi connectivity index (χ4v) is 1.93. The van der Waals surface area contributed by atoms with Crippen LogP contribution < -0.4 is 4.74 Å². The van der Waals surface area contributed by atoms with Crippen LogP contribution in [0.5, 0.6) is 5.75 Å². The lowest BCUT2D eigenvalue weighted by molar-refractivity contribution is 0.238. The van der Waals surface area contributed by atoms with E-state index in [2.05, 4.69) is 11.8 Å². The van der Waals surface area contributed by atoms with E-state index in [0.717, 1.165) is 24.5 Å². The molecule has 1 aliphatic rings. The van der Waals surface area contributed by atoms with Crippen LogP contribution in [-0.2, 0) is 0 Å². The SMILES string of the molecule is [CH2]c1cccc(OCCN2CCCC2)c1. The molecule has 0 N–H and O–H groups in total. The molecule has 0 bridgehead atoms. The van der Waals surface area contributed by atoms with Crippen LogP contribution in [0.25, 0.3) is 0 Å². The number of ether oxygens (including phenoxy) is 1. The van der Waals surface area contributed by atoms with Gasteiger partial charge in [-0.15, -0.1) is 0 Å². The molecule has 0 atom stereocenters. The number of likely N-dealkylation sites (tertiary alicyclic amines) is 1. The van der Waals surface area contributed by atoms with Crippen LogP contribution in [0.1, 0.15) is 18.4 Å². The van der Waals surface area contributed by atoms with Crippen molar-refractivity contribution >= 4 is 0 Å². The molecule has 1 aromatic carbocycles. The third-order valence-electron chi connectivity index (χ3n) is 2.77. The zero-order valence-electron chi connectivity index (χ0n) is 9.11. The van der Waals surface area contributed by atoms with E-state index in [1.165, 1.54) is 25.9 Å². The van der Waals surface area contributed by atoms with Crippen molar-refractivity contribution in [1.82, 2.24) is 4.90 Å². The topological polar surface area (TPSA) is 12.5 Å². The Morgan fingerprint density at radius 1 is 1.27 bits per heavy atom. The second kappa shape index (κ2) is 5.17. The van der Waals surface area contributed by atoms with Crippen molar-refractivity contribution in [2.45, 2.75) is 12.8 Å². The van der Waals surface area contributed by atoms with Gasteiger partial charge in [0, 0.05) is 6.54 Å². The van der Waals surface area contributed by atoms with Gasteiger partial charge in [0.05, 0.1) is 0 Å². The standard InChI is InChI=1S/C13H18NO/c1-12-5-4-6-13(11-12)15-10-9-14-7-2-3-8-14/h4-6,11H,1-3,7-10H2. The van der Waals surface area contributed by atoms with Crippen LogP contribution in [0.3, 0.4) is 0 Å². The molecule has 0 unspecified atom stereocenters. The van der Waals surface area contributed by atoms with Gasteiger partial charge in [-0.05, 0) is 50.6 Å². The van der Waals surface area contributed by atoms with E-state index in [-0.39, 0.29) is 0 Å². The van der Waals surface area contributed by atoms with Gasteiger partial charge < -0.3 is 4.74 Å². The second-order valence-corrected chi connectivity index (χ2v) is 4.04. The van der Waals surface area contributed by atoms with Crippen LogP contribution in [0, 0.1) is 6.92 Å². The average Bonchev–Trinajstić information content (AvgIpc) is 2.71. The minimum absolute atomic E-state index is 0.781. The fraction of sp³-hybridized carbons (Fsp3) is 0.462. The van der Waals surface area contributed by atoms with Crippen LogP contribution in [0.4, 0.5) is 0 Å². The molecule has 2 rings (SSSR count). The lowest BCUT2D eigenvalue weighted by atomic mass is 10.2. The van der Waals surface area contributed by atoms with Crippen LogP contribution in [-0.4, -0.2) is 31.1 Å². The van der Waals surface area contributed by atoms with Gasteiger partial charge in [0.1, 0.15) is 12.4 Å². The fourth-order valence-electron chi connectivity index (χ4n) is 1.93. The molecule has 0 amide bonds. The number of benzene rings is 1. The third kappa shape index (κ3) is 3.24. The van der Waals surface area contributed by atoms with E-state index in [1.54, 1.807) is 0 Å². The van der Waals surface area contributed by atoms with Crippen LogP contribution in [0.2, 0.25) is 0 Å². The molecule has 1 saturated heterocycles. The Morgan fingerprint density at radius 2 is 2.07 bits per heavy atom. The van der Waals surface area contributed by atoms with E-state index in [1.807, 2.05) is 24.3 Å². The van der Waals surface area contributed by atoms with Gasteiger partial charge in [0.25, 0.3) is 0 Å². The first-order valence-electron chi connectivity index (χ1n) is 5.62. The Morgan fingerprint density at radius 3 is 2.80 bits per heavy atom. The first-order valence-corrected chi connectivity index (χ1v) is 5.62. The van der Waals surface area contributed by atoms with Crippen LogP contribution >= 0.6 is 0 Å². The quantitative estimate of drug-likeness (QED) is 0.746. The summed E-state index contributed by atoms with van der Waals surface area (Å²) in [7, 11) is 0. The summed E-state index contributed by atoms with van der Waals surface area (Å²) >= 11 is 0. The molecule has 2 heteroatoms. The van der Waals surface area contributed by atoms with Gasteiger partial charge in [-0.3, -0.25) is 4.90 Å². The zero-order chi connectivity index (χ0) is 10.5. The molecule has 1 fully saturated rings. The Bertz CT molecular complexity index is 305. The van der Waals surface area contributed by atoms with Crippen molar-refractivity contribution in [2.75, 3.05) is 26.2 Å². The van der Waals surface area contributed by atoms with Gasteiger partial charge in [-0.25, -0.2) is 0 Å². The summed E-state index contributed by atoms with van der Waals surface area (Å²) in [5.74, 6) is 0.932. The molecule has 0 saturated carbocycles. The first kappa shape index (κ1) is 10.5. The molecule has 1 aliphatic heterocycles. The van der Waals surface area contributed by atoms with E-state index >= 15 is 0 Å². The predicted octanol–water partition coefficient (Wildman–Crippen LogP) is 2.34. The maximum absolute atomic E-state index is 5.67. The molecular formula is C13H18NO. The summed E-state index contributed by atoms with van der Waals surface area (Å²) in [6.45, 7) is 8.17. The number of hydrogen-bond donors (Lipinski definition) is 0. The van der Waals surface area contributed by atoms with Crippen molar-refractivity contribution in [2.24, 2.45) is 0 Å². The van der Waals surface area contributed by atoms with E-state index in [9.17, 15) is 0 Å². The number of hydrogen-bond acceptors (Lipinski definition) is 2. The smallest absolute Gasteiger partial charge is 0.119 e. The van der Waals surface area contributed by atoms with Gasteiger partial charge in [0.2, 0.25) is 0 Å². The molecule has 15 heavy (non-hydrogen) atoms. The van der Waals surface area contributed by atoms with E-state index < -0.39 is 0 Å². The second-order valence-electron chi connectivity index (χ2n) is 4.04. The van der Waals surface area contributed by atoms with Gasteiger partial charge in [-0.1, -0.05) is 12.1 Å². The van der Waals surface area contributed by atoms with Gasteiger partial charge in [-0.2, -0.15) is 0 Å². The molecule has 2 nitrogen and oxygen atoms in total. The largest absolute Gasteiger partial charge is 0.492 e. The Balaban J connectivity index is 1.73. The van der Waals surface area contributed by atoms with Crippen molar-refractivity contribution in [3.05, 3.63) is 36.8 Å². The van der Waals surface area contributed by atoms with E-state index in [4.69, 9.17) is 4.74 Å². The number of rotatable bonds is 4. The van der Waals surface area contributed by atoms with Crippen molar-refractivity contribution in [1.29, 1.82) is 0 Å². The lowest BCUT2D eigenvalue weighted by Crippen LogP contribution is -2.25. The Labute approximate surface area is 91.9 Å². The normalized spacial score (nSPS) is 16.9. The highest BCUT2D eigenvalue weighted by Gasteiger charge is 2.10. The molecule has 0 spiro atoms. The molecule has 0 aliphatic carbocycles. The van der Waals surface area contributed by atoms with Gasteiger partial charge >= 0.3 is 0 Å². The average molecular weight is 204 g/mol. The summed E-state index contributed by atoms with van der Waals surface area (Å²) in [6, 6.07) is 7.92. The predicted molar refractivity (Wildman–Crippen MR) is 62.1 cm³/mol. The summed E-state index contributed by atoms with van der Waals surface area (Å²) in [4.78, 5) is 2.45. The minimum Gasteiger partial charge on any atom is -0.492 e. The first-order chi connectivity index (χ1) is 7.34.